The minimum absolute atomic E-state index is 0.0500. The largest absolute Gasteiger partial charge is 0.493 e. The zero-order chi connectivity index (χ0) is 25.2. The van der Waals surface area contributed by atoms with Crippen LogP contribution in [0.2, 0.25) is 5.02 Å². The van der Waals surface area contributed by atoms with E-state index in [0.29, 0.717) is 36.7 Å². The van der Waals surface area contributed by atoms with Crippen LogP contribution >= 0.6 is 11.6 Å². The number of aliphatic hydroxyl groups excluding tert-OH is 1. The van der Waals surface area contributed by atoms with Gasteiger partial charge in [0.15, 0.2) is 23.4 Å². The first-order valence-corrected chi connectivity index (χ1v) is 12.6. The molecule has 0 amide bonds. The fourth-order valence-electron chi connectivity index (χ4n) is 4.09. The first-order valence-electron chi connectivity index (χ1n) is 12.3. The average Bonchev–Trinajstić information content (AvgIpc) is 2.86. The number of nitrogens with zero attached hydrogens (tertiary/aromatic N) is 2. The van der Waals surface area contributed by atoms with Crippen molar-refractivity contribution in [1.82, 2.24) is 4.90 Å². The van der Waals surface area contributed by atoms with Crippen molar-refractivity contribution in [2.75, 3.05) is 57.9 Å². The summed E-state index contributed by atoms with van der Waals surface area (Å²) >= 11 is 6.35. The molecule has 1 atom stereocenters. The third-order valence-electron chi connectivity index (χ3n) is 6.27. The van der Waals surface area contributed by atoms with Crippen molar-refractivity contribution in [3.8, 4) is 17.2 Å². The summed E-state index contributed by atoms with van der Waals surface area (Å²) in [4.78, 5) is 16.5. The van der Waals surface area contributed by atoms with Crippen LogP contribution in [-0.2, 0) is 11.2 Å². The van der Waals surface area contributed by atoms with Crippen molar-refractivity contribution in [1.29, 1.82) is 0 Å². The van der Waals surface area contributed by atoms with Crippen molar-refractivity contribution in [3.05, 3.63) is 47.0 Å². The molecule has 2 aromatic carbocycles. The summed E-state index contributed by atoms with van der Waals surface area (Å²) in [5.74, 6) is 1.75. The van der Waals surface area contributed by atoms with Crippen molar-refractivity contribution in [2.24, 2.45) is 0 Å². The van der Waals surface area contributed by atoms with Crippen LogP contribution in [-0.4, -0.2) is 74.9 Å². The van der Waals surface area contributed by atoms with Gasteiger partial charge in [-0.15, -0.1) is 0 Å². The number of Topliss-reactive ketones (excluding diaryl/α,β-unsaturated/α-hetero) is 1. The summed E-state index contributed by atoms with van der Waals surface area (Å²) in [5, 5.41) is 10.0. The van der Waals surface area contributed by atoms with Gasteiger partial charge in [-0.3, -0.25) is 9.69 Å². The molecule has 0 radical (unpaired) electrons. The van der Waals surface area contributed by atoms with Gasteiger partial charge >= 0.3 is 0 Å². The Morgan fingerprint density at radius 3 is 2.49 bits per heavy atom. The lowest BCUT2D eigenvalue weighted by atomic mass is 10.1. The topological polar surface area (TPSA) is 71.5 Å². The number of rotatable bonds is 13. The zero-order valence-electron chi connectivity index (χ0n) is 21.0. The van der Waals surface area contributed by atoms with E-state index in [9.17, 15) is 9.90 Å². The SMILES string of the molecule is COc1cc(CCCO)c(OC(C)C(C)=O)cc1OCCCN1CCN(c2ccccc2Cl)CC1. The van der Waals surface area contributed by atoms with Crippen molar-refractivity contribution in [2.45, 2.75) is 39.2 Å². The number of piperazine rings is 1. The van der Waals surface area contributed by atoms with E-state index in [1.165, 1.54) is 6.92 Å². The van der Waals surface area contributed by atoms with Gasteiger partial charge in [-0.05, 0) is 56.9 Å². The second-order valence-corrected chi connectivity index (χ2v) is 9.20. The smallest absolute Gasteiger partial charge is 0.169 e. The standard InChI is InChI=1S/C27H37ClN2O5/c1-20(32)21(2)35-25-19-27(26(33-3)18-22(25)8-6-16-31)34-17-7-11-29-12-14-30(15-13-29)24-10-5-4-9-23(24)28/h4-5,9-10,18-19,21,31H,6-8,11-17H2,1-3H3. The number of aliphatic hydroxyl groups is 1. The zero-order valence-corrected chi connectivity index (χ0v) is 21.7. The van der Waals surface area contributed by atoms with Crippen LogP contribution < -0.4 is 19.1 Å². The fraction of sp³-hybridized carbons (Fsp3) is 0.519. The predicted octanol–water partition coefficient (Wildman–Crippen LogP) is 4.22. The lowest BCUT2D eigenvalue weighted by molar-refractivity contribution is -0.122. The van der Waals surface area contributed by atoms with Gasteiger partial charge in [0, 0.05) is 45.4 Å². The summed E-state index contributed by atoms with van der Waals surface area (Å²) in [6.45, 7) is 8.66. The molecule has 35 heavy (non-hydrogen) atoms. The molecule has 0 bridgehead atoms. The molecule has 7 nitrogen and oxygen atoms in total. The fourth-order valence-corrected chi connectivity index (χ4v) is 4.35. The maximum Gasteiger partial charge on any atom is 0.169 e. The Labute approximate surface area is 213 Å². The highest BCUT2D eigenvalue weighted by atomic mass is 35.5. The number of para-hydroxylation sites is 1. The number of methoxy groups -OCH3 is 1. The minimum atomic E-state index is -0.562. The van der Waals surface area contributed by atoms with Crippen LogP contribution in [0.1, 0.15) is 32.3 Å². The van der Waals surface area contributed by atoms with E-state index in [0.717, 1.165) is 55.4 Å². The van der Waals surface area contributed by atoms with Gasteiger partial charge < -0.3 is 24.2 Å². The first kappa shape index (κ1) is 27.1. The molecule has 1 aliphatic rings. The number of aryl methyl sites for hydroxylation is 1. The molecule has 8 heteroatoms. The van der Waals surface area contributed by atoms with Crippen LogP contribution in [0.4, 0.5) is 5.69 Å². The molecule has 1 saturated heterocycles. The van der Waals surface area contributed by atoms with Gasteiger partial charge in [0.05, 0.1) is 24.4 Å². The van der Waals surface area contributed by atoms with E-state index in [-0.39, 0.29) is 12.4 Å². The van der Waals surface area contributed by atoms with E-state index in [2.05, 4.69) is 15.9 Å². The average molecular weight is 505 g/mol. The van der Waals surface area contributed by atoms with E-state index in [1.807, 2.05) is 24.3 Å². The van der Waals surface area contributed by atoms with Crippen LogP contribution in [0.3, 0.4) is 0 Å². The minimum Gasteiger partial charge on any atom is -0.493 e. The predicted molar refractivity (Wildman–Crippen MR) is 139 cm³/mol. The van der Waals surface area contributed by atoms with Crippen molar-refractivity contribution >= 4 is 23.1 Å². The van der Waals surface area contributed by atoms with Crippen molar-refractivity contribution in [3.63, 3.8) is 0 Å². The van der Waals surface area contributed by atoms with E-state index >= 15 is 0 Å². The number of benzene rings is 2. The quantitative estimate of drug-likeness (QED) is 0.409. The molecule has 1 heterocycles. The summed E-state index contributed by atoms with van der Waals surface area (Å²) in [6.07, 6.45) is 1.53. The molecule has 0 spiro atoms. The summed E-state index contributed by atoms with van der Waals surface area (Å²) in [5.41, 5.74) is 1.98. The lowest BCUT2D eigenvalue weighted by Gasteiger charge is -2.36. The molecular weight excluding hydrogens is 468 g/mol. The monoisotopic (exact) mass is 504 g/mol. The molecule has 192 valence electrons. The summed E-state index contributed by atoms with van der Waals surface area (Å²) < 4.78 is 17.5. The molecule has 1 unspecified atom stereocenters. The highest BCUT2D eigenvalue weighted by Gasteiger charge is 2.19. The molecule has 1 N–H and O–H groups in total. The van der Waals surface area contributed by atoms with Crippen LogP contribution in [0.5, 0.6) is 17.2 Å². The number of hydrogen-bond acceptors (Lipinski definition) is 7. The van der Waals surface area contributed by atoms with Gasteiger partial charge in [-0.2, -0.15) is 0 Å². The Kier molecular flexibility index (Phi) is 10.5. The molecule has 1 aliphatic heterocycles. The molecule has 0 saturated carbocycles. The first-order chi connectivity index (χ1) is 16.9. The third-order valence-corrected chi connectivity index (χ3v) is 6.59. The Hall–Kier alpha value is -2.48. The molecule has 2 aromatic rings. The maximum absolute atomic E-state index is 11.7. The number of hydrogen-bond donors (Lipinski definition) is 1. The van der Waals surface area contributed by atoms with E-state index in [1.54, 1.807) is 20.1 Å². The Balaban J connectivity index is 1.54. The Bertz CT molecular complexity index is 963. The number of ketones is 1. The van der Waals surface area contributed by atoms with Crippen LogP contribution in [0.15, 0.2) is 36.4 Å². The lowest BCUT2D eigenvalue weighted by Crippen LogP contribution is -2.46. The number of halogens is 1. The summed E-state index contributed by atoms with van der Waals surface area (Å²) in [6, 6.07) is 11.7. The van der Waals surface area contributed by atoms with Gasteiger partial charge in [-0.1, -0.05) is 23.7 Å². The van der Waals surface area contributed by atoms with Crippen molar-refractivity contribution < 1.29 is 24.1 Å². The van der Waals surface area contributed by atoms with Gasteiger partial charge in [0.25, 0.3) is 0 Å². The van der Waals surface area contributed by atoms with Crippen LogP contribution in [0, 0.1) is 0 Å². The van der Waals surface area contributed by atoms with Crippen LogP contribution in [0.25, 0.3) is 0 Å². The summed E-state index contributed by atoms with van der Waals surface area (Å²) in [7, 11) is 1.61. The maximum atomic E-state index is 11.7. The second kappa shape index (κ2) is 13.6. The van der Waals surface area contributed by atoms with Gasteiger partial charge in [-0.25, -0.2) is 0 Å². The molecule has 0 aliphatic carbocycles. The molecule has 3 rings (SSSR count). The Morgan fingerprint density at radius 1 is 1.09 bits per heavy atom. The molecule has 1 fully saturated rings. The number of ether oxygens (including phenoxy) is 3. The van der Waals surface area contributed by atoms with E-state index < -0.39 is 6.10 Å². The number of anilines is 1. The second-order valence-electron chi connectivity index (χ2n) is 8.79. The molecular formula is C27H37ClN2O5. The molecule has 0 aromatic heterocycles. The van der Waals surface area contributed by atoms with Gasteiger partial charge in [0.1, 0.15) is 5.75 Å². The third kappa shape index (κ3) is 7.75. The Morgan fingerprint density at radius 2 is 1.83 bits per heavy atom. The number of carbonyl (C=O) groups is 1. The highest BCUT2D eigenvalue weighted by Crippen LogP contribution is 2.36. The van der Waals surface area contributed by atoms with Gasteiger partial charge in [0.2, 0.25) is 0 Å². The number of carbonyl (C=O) groups excluding carboxylic acids is 1. The normalized spacial score (nSPS) is 15.1. The van der Waals surface area contributed by atoms with E-state index in [4.69, 9.17) is 25.8 Å². The highest BCUT2D eigenvalue weighted by molar-refractivity contribution is 6.33.